The van der Waals surface area contributed by atoms with E-state index in [9.17, 15) is 4.79 Å². The van der Waals surface area contributed by atoms with Crippen molar-refractivity contribution in [2.45, 2.75) is 45.8 Å². The van der Waals surface area contributed by atoms with Crippen LogP contribution in [-0.4, -0.2) is 29.4 Å². The Morgan fingerprint density at radius 1 is 1.38 bits per heavy atom. The Morgan fingerprint density at radius 2 is 2.10 bits per heavy atom. The molecule has 1 aliphatic rings. The number of amides is 1. The van der Waals surface area contributed by atoms with E-state index in [0.29, 0.717) is 16.6 Å². The first-order valence-electron chi connectivity index (χ1n) is 7.38. The lowest BCUT2D eigenvalue weighted by Gasteiger charge is -2.30. The number of rotatable bonds is 4. The zero-order valence-electron chi connectivity index (χ0n) is 12.7. The van der Waals surface area contributed by atoms with Crippen molar-refractivity contribution in [3.8, 4) is 0 Å². The highest BCUT2D eigenvalue weighted by Crippen LogP contribution is 2.25. The molecule has 0 aliphatic carbocycles. The molecule has 1 aromatic carbocycles. The van der Waals surface area contributed by atoms with Gasteiger partial charge in [0.25, 0.3) is 0 Å². The minimum absolute atomic E-state index is 0.0650. The first-order chi connectivity index (χ1) is 9.90. The van der Waals surface area contributed by atoms with Gasteiger partial charge in [-0.1, -0.05) is 29.3 Å². The van der Waals surface area contributed by atoms with Gasteiger partial charge in [-0.15, -0.1) is 0 Å². The summed E-state index contributed by atoms with van der Waals surface area (Å²) in [6.45, 7) is 7.64. The smallest absolute Gasteiger partial charge is 0.227 e. The molecule has 21 heavy (non-hydrogen) atoms. The minimum Gasteiger partial charge on any atom is -0.336 e. The second-order valence-electron chi connectivity index (χ2n) is 5.95. The highest BCUT2D eigenvalue weighted by molar-refractivity contribution is 6.42. The second kappa shape index (κ2) is 6.99. The summed E-state index contributed by atoms with van der Waals surface area (Å²) >= 11 is 12.0. The summed E-state index contributed by atoms with van der Waals surface area (Å²) in [6, 6.07) is 5.94. The molecule has 0 aromatic heterocycles. The predicted molar refractivity (Wildman–Crippen MR) is 87.7 cm³/mol. The average molecular weight is 329 g/mol. The standard InChI is InChI=1S/C16H22Cl2N2O/c1-10(2)20(16(21)13-6-7-19-11(13)3)9-12-4-5-14(17)15(18)8-12/h4-5,8,10-11,13,19H,6-7,9H2,1-3H3. The third-order valence-electron chi connectivity index (χ3n) is 4.09. The minimum atomic E-state index is 0.0650. The van der Waals surface area contributed by atoms with Gasteiger partial charge in [0.05, 0.1) is 16.0 Å². The maximum Gasteiger partial charge on any atom is 0.227 e. The normalized spacial score (nSPS) is 21.8. The topological polar surface area (TPSA) is 32.3 Å². The number of hydrogen-bond acceptors (Lipinski definition) is 2. The Hall–Kier alpha value is -0.770. The summed E-state index contributed by atoms with van der Waals surface area (Å²) in [5.41, 5.74) is 1.00. The summed E-state index contributed by atoms with van der Waals surface area (Å²) in [5.74, 6) is 0.281. The van der Waals surface area contributed by atoms with Crippen LogP contribution in [0.2, 0.25) is 10.0 Å². The van der Waals surface area contributed by atoms with E-state index in [-0.39, 0.29) is 23.9 Å². The molecule has 1 heterocycles. The molecule has 0 bridgehead atoms. The van der Waals surface area contributed by atoms with Gasteiger partial charge in [-0.25, -0.2) is 0 Å². The molecule has 2 atom stereocenters. The maximum absolute atomic E-state index is 12.8. The summed E-state index contributed by atoms with van der Waals surface area (Å²) in [4.78, 5) is 14.7. The Labute approximate surface area is 136 Å². The SMILES string of the molecule is CC1NCCC1C(=O)N(Cc1ccc(Cl)c(Cl)c1)C(C)C. The fourth-order valence-electron chi connectivity index (χ4n) is 2.76. The van der Waals surface area contributed by atoms with Gasteiger partial charge in [-0.2, -0.15) is 0 Å². The second-order valence-corrected chi connectivity index (χ2v) is 6.76. The van der Waals surface area contributed by atoms with Crippen LogP contribution in [-0.2, 0) is 11.3 Å². The lowest BCUT2D eigenvalue weighted by molar-refractivity contribution is -0.138. The lowest BCUT2D eigenvalue weighted by Crippen LogP contribution is -2.43. The third-order valence-corrected chi connectivity index (χ3v) is 4.82. The van der Waals surface area contributed by atoms with Crippen molar-refractivity contribution < 1.29 is 4.79 Å². The van der Waals surface area contributed by atoms with Crippen LogP contribution in [0.25, 0.3) is 0 Å². The number of hydrogen-bond donors (Lipinski definition) is 1. The van der Waals surface area contributed by atoms with Crippen LogP contribution in [0.1, 0.15) is 32.8 Å². The molecule has 1 fully saturated rings. The summed E-state index contributed by atoms with van der Waals surface area (Å²) in [6.07, 6.45) is 0.907. The van der Waals surface area contributed by atoms with E-state index in [1.54, 1.807) is 6.07 Å². The van der Waals surface area contributed by atoms with Crippen LogP contribution < -0.4 is 5.32 Å². The van der Waals surface area contributed by atoms with E-state index in [4.69, 9.17) is 23.2 Å². The van der Waals surface area contributed by atoms with Gasteiger partial charge in [-0.3, -0.25) is 4.79 Å². The molecule has 5 heteroatoms. The molecular weight excluding hydrogens is 307 g/mol. The van der Waals surface area contributed by atoms with Crippen LogP contribution in [0, 0.1) is 5.92 Å². The van der Waals surface area contributed by atoms with Crippen LogP contribution in [0.15, 0.2) is 18.2 Å². The Balaban J connectivity index is 2.15. The van der Waals surface area contributed by atoms with Gasteiger partial charge >= 0.3 is 0 Å². The first-order valence-corrected chi connectivity index (χ1v) is 8.13. The van der Waals surface area contributed by atoms with E-state index >= 15 is 0 Å². The van der Waals surface area contributed by atoms with Gasteiger partial charge in [0, 0.05) is 18.6 Å². The third kappa shape index (κ3) is 3.91. The first kappa shape index (κ1) is 16.6. The lowest BCUT2D eigenvalue weighted by atomic mass is 9.99. The molecule has 116 valence electrons. The average Bonchev–Trinajstić information content (AvgIpc) is 2.85. The van der Waals surface area contributed by atoms with E-state index < -0.39 is 0 Å². The highest BCUT2D eigenvalue weighted by atomic mass is 35.5. The van der Waals surface area contributed by atoms with E-state index in [1.807, 2.05) is 30.9 Å². The molecule has 1 N–H and O–H groups in total. The Bertz CT molecular complexity index is 519. The monoisotopic (exact) mass is 328 g/mol. The molecule has 1 amide bonds. The van der Waals surface area contributed by atoms with Crippen molar-refractivity contribution >= 4 is 29.1 Å². The summed E-state index contributed by atoms with van der Waals surface area (Å²) in [5, 5.41) is 4.41. The number of halogens is 2. The van der Waals surface area contributed by atoms with Crippen molar-refractivity contribution in [3.05, 3.63) is 33.8 Å². The number of nitrogens with zero attached hydrogens (tertiary/aromatic N) is 1. The number of carbonyl (C=O) groups is 1. The zero-order chi connectivity index (χ0) is 15.6. The zero-order valence-corrected chi connectivity index (χ0v) is 14.2. The maximum atomic E-state index is 12.8. The highest BCUT2D eigenvalue weighted by Gasteiger charge is 2.33. The molecule has 2 rings (SSSR count). The molecule has 1 saturated heterocycles. The molecule has 3 nitrogen and oxygen atoms in total. The van der Waals surface area contributed by atoms with Crippen LogP contribution in [0.3, 0.4) is 0 Å². The Morgan fingerprint density at radius 3 is 2.62 bits per heavy atom. The molecule has 0 spiro atoms. The van der Waals surface area contributed by atoms with E-state index in [2.05, 4.69) is 12.2 Å². The van der Waals surface area contributed by atoms with Crippen molar-refractivity contribution in [3.63, 3.8) is 0 Å². The van der Waals surface area contributed by atoms with Crippen LogP contribution >= 0.6 is 23.2 Å². The largest absolute Gasteiger partial charge is 0.336 e. The van der Waals surface area contributed by atoms with E-state index in [0.717, 1.165) is 18.5 Å². The fraction of sp³-hybridized carbons (Fsp3) is 0.562. The molecular formula is C16H22Cl2N2O. The van der Waals surface area contributed by atoms with Gasteiger partial charge < -0.3 is 10.2 Å². The van der Waals surface area contributed by atoms with Crippen molar-refractivity contribution in [1.29, 1.82) is 0 Å². The molecule has 0 radical (unpaired) electrons. The predicted octanol–water partition coefficient (Wildman–Crippen LogP) is 3.73. The van der Waals surface area contributed by atoms with Gasteiger partial charge in [-0.05, 0) is 51.4 Å². The molecule has 0 saturated carbocycles. The number of benzene rings is 1. The van der Waals surface area contributed by atoms with Crippen molar-refractivity contribution in [2.24, 2.45) is 5.92 Å². The number of nitrogens with one attached hydrogen (secondary N) is 1. The molecule has 1 aromatic rings. The summed E-state index contributed by atoms with van der Waals surface area (Å²) in [7, 11) is 0. The van der Waals surface area contributed by atoms with Gasteiger partial charge in [0.2, 0.25) is 5.91 Å². The Kier molecular flexibility index (Phi) is 5.53. The van der Waals surface area contributed by atoms with Crippen molar-refractivity contribution in [1.82, 2.24) is 10.2 Å². The summed E-state index contributed by atoms with van der Waals surface area (Å²) < 4.78 is 0. The fourth-order valence-corrected chi connectivity index (χ4v) is 3.08. The van der Waals surface area contributed by atoms with Crippen molar-refractivity contribution in [2.75, 3.05) is 6.54 Å². The number of carbonyl (C=O) groups excluding carboxylic acids is 1. The molecule has 2 unspecified atom stereocenters. The van der Waals surface area contributed by atoms with E-state index in [1.165, 1.54) is 0 Å². The quantitative estimate of drug-likeness (QED) is 0.913. The van der Waals surface area contributed by atoms with Gasteiger partial charge in [0.15, 0.2) is 0 Å². The molecule has 1 aliphatic heterocycles. The van der Waals surface area contributed by atoms with Crippen LogP contribution in [0.5, 0.6) is 0 Å². The van der Waals surface area contributed by atoms with Crippen LogP contribution in [0.4, 0.5) is 0 Å². The van der Waals surface area contributed by atoms with Gasteiger partial charge in [0.1, 0.15) is 0 Å².